The fourth-order valence-corrected chi connectivity index (χ4v) is 3.53. The Morgan fingerprint density at radius 1 is 1.00 bits per heavy atom. The summed E-state index contributed by atoms with van der Waals surface area (Å²) in [4.78, 5) is 0. The minimum Gasteiger partial charge on any atom is -0.313 e. The lowest BCUT2D eigenvalue weighted by atomic mass is 9.92. The van der Waals surface area contributed by atoms with Crippen molar-refractivity contribution in [3.05, 3.63) is 47.0 Å². The van der Waals surface area contributed by atoms with Crippen LogP contribution in [0.4, 0.5) is 0 Å². The fourth-order valence-electron chi connectivity index (χ4n) is 3.53. The molecule has 0 saturated carbocycles. The average molecular weight is 267 g/mol. The molecule has 1 heteroatoms. The number of benzene rings is 2. The van der Waals surface area contributed by atoms with Gasteiger partial charge >= 0.3 is 0 Å². The van der Waals surface area contributed by atoms with Crippen LogP contribution in [-0.2, 0) is 12.8 Å². The molecular weight excluding hydrogens is 242 g/mol. The highest BCUT2D eigenvalue weighted by atomic mass is 14.9. The SMILES string of the molecule is CNC(CCC(C)C)c1ccc2c3c(cccc13)CC2. The van der Waals surface area contributed by atoms with E-state index < -0.39 is 0 Å². The molecule has 0 aliphatic heterocycles. The maximum Gasteiger partial charge on any atom is 0.0323 e. The van der Waals surface area contributed by atoms with Gasteiger partial charge in [-0.05, 0) is 66.1 Å². The first-order valence-electron chi connectivity index (χ1n) is 7.91. The molecule has 0 bridgehead atoms. The highest BCUT2D eigenvalue weighted by Gasteiger charge is 2.19. The van der Waals surface area contributed by atoms with E-state index in [4.69, 9.17) is 0 Å². The Bertz CT molecular complexity index is 602. The molecule has 0 radical (unpaired) electrons. The summed E-state index contributed by atoms with van der Waals surface area (Å²) in [5.41, 5.74) is 4.56. The smallest absolute Gasteiger partial charge is 0.0323 e. The number of rotatable bonds is 5. The normalized spacial score (nSPS) is 15.2. The highest BCUT2D eigenvalue weighted by molar-refractivity contribution is 5.93. The topological polar surface area (TPSA) is 12.0 Å². The molecule has 1 N–H and O–H groups in total. The molecule has 2 aromatic rings. The monoisotopic (exact) mass is 267 g/mol. The summed E-state index contributed by atoms with van der Waals surface area (Å²) < 4.78 is 0. The van der Waals surface area contributed by atoms with Gasteiger partial charge in [-0.3, -0.25) is 0 Å². The molecule has 1 unspecified atom stereocenters. The molecule has 0 aromatic heterocycles. The zero-order valence-electron chi connectivity index (χ0n) is 12.9. The summed E-state index contributed by atoms with van der Waals surface area (Å²) in [6, 6.07) is 12.0. The van der Waals surface area contributed by atoms with Gasteiger partial charge in [0.05, 0.1) is 0 Å². The second kappa shape index (κ2) is 5.57. The van der Waals surface area contributed by atoms with Gasteiger partial charge in [-0.25, -0.2) is 0 Å². The largest absolute Gasteiger partial charge is 0.313 e. The molecule has 0 heterocycles. The molecule has 2 aromatic carbocycles. The molecule has 1 nitrogen and oxygen atoms in total. The van der Waals surface area contributed by atoms with E-state index in [0.29, 0.717) is 6.04 Å². The first kappa shape index (κ1) is 13.6. The van der Waals surface area contributed by atoms with Crippen LogP contribution >= 0.6 is 0 Å². The molecule has 106 valence electrons. The molecule has 1 atom stereocenters. The Morgan fingerprint density at radius 2 is 1.75 bits per heavy atom. The third-order valence-electron chi connectivity index (χ3n) is 4.67. The quantitative estimate of drug-likeness (QED) is 0.832. The third kappa shape index (κ3) is 2.35. The van der Waals surface area contributed by atoms with Crippen molar-refractivity contribution in [3.8, 4) is 0 Å². The van der Waals surface area contributed by atoms with Crippen LogP contribution in [0.2, 0.25) is 0 Å². The van der Waals surface area contributed by atoms with Crippen molar-refractivity contribution < 1.29 is 0 Å². The molecule has 1 aliphatic rings. The molecule has 0 fully saturated rings. The Kier molecular flexibility index (Phi) is 3.80. The number of hydrogen-bond acceptors (Lipinski definition) is 1. The van der Waals surface area contributed by atoms with Gasteiger partial charge in [0.25, 0.3) is 0 Å². The standard InChI is InChI=1S/C19H25N/c1-13(2)7-12-18(20-3)16-11-10-15-9-8-14-5-4-6-17(16)19(14)15/h4-6,10-11,13,18,20H,7-9,12H2,1-3H3. The molecule has 3 rings (SSSR count). The highest BCUT2D eigenvalue weighted by Crippen LogP contribution is 2.36. The number of hydrogen-bond donors (Lipinski definition) is 1. The van der Waals surface area contributed by atoms with Crippen molar-refractivity contribution in [2.45, 2.75) is 45.6 Å². The van der Waals surface area contributed by atoms with E-state index in [9.17, 15) is 0 Å². The third-order valence-corrected chi connectivity index (χ3v) is 4.67. The number of nitrogens with one attached hydrogen (secondary N) is 1. The first-order chi connectivity index (χ1) is 9.70. The van der Waals surface area contributed by atoms with Crippen LogP contribution in [0.25, 0.3) is 10.8 Å². The van der Waals surface area contributed by atoms with Crippen molar-refractivity contribution in [1.29, 1.82) is 0 Å². The molecule has 0 spiro atoms. The fraction of sp³-hybridized carbons (Fsp3) is 0.474. The summed E-state index contributed by atoms with van der Waals surface area (Å²) >= 11 is 0. The minimum absolute atomic E-state index is 0.474. The lowest BCUT2D eigenvalue weighted by Gasteiger charge is -2.20. The second-order valence-corrected chi connectivity index (χ2v) is 6.47. The first-order valence-corrected chi connectivity index (χ1v) is 7.91. The van der Waals surface area contributed by atoms with Gasteiger partial charge < -0.3 is 5.32 Å². The molecule has 20 heavy (non-hydrogen) atoms. The summed E-state index contributed by atoms with van der Waals surface area (Å²) in [6.45, 7) is 4.61. The predicted molar refractivity (Wildman–Crippen MR) is 87.2 cm³/mol. The Labute approximate surface area is 122 Å². The second-order valence-electron chi connectivity index (χ2n) is 6.47. The van der Waals surface area contributed by atoms with Gasteiger partial charge in [-0.2, -0.15) is 0 Å². The van der Waals surface area contributed by atoms with Crippen LogP contribution in [0.1, 0.15) is 49.4 Å². The van der Waals surface area contributed by atoms with Crippen molar-refractivity contribution in [2.24, 2.45) is 5.92 Å². The van der Waals surface area contributed by atoms with E-state index in [-0.39, 0.29) is 0 Å². The van der Waals surface area contributed by atoms with Crippen LogP contribution in [0.5, 0.6) is 0 Å². The maximum absolute atomic E-state index is 3.53. The average Bonchev–Trinajstić information content (AvgIpc) is 2.86. The van der Waals surface area contributed by atoms with Crippen LogP contribution in [-0.4, -0.2) is 7.05 Å². The van der Waals surface area contributed by atoms with Gasteiger partial charge in [0, 0.05) is 6.04 Å². The molecule has 1 aliphatic carbocycles. The van der Waals surface area contributed by atoms with E-state index in [2.05, 4.69) is 56.5 Å². The molecular formula is C19H25N. The van der Waals surface area contributed by atoms with Crippen molar-refractivity contribution in [1.82, 2.24) is 5.32 Å². The van der Waals surface area contributed by atoms with Gasteiger partial charge in [-0.1, -0.05) is 44.2 Å². The van der Waals surface area contributed by atoms with Crippen molar-refractivity contribution in [3.63, 3.8) is 0 Å². The predicted octanol–water partition coefficient (Wildman–Crippen LogP) is 4.64. The molecule has 0 saturated heterocycles. The lowest BCUT2D eigenvalue weighted by molar-refractivity contribution is 0.467. The van der Waals surface area contributed by atoms with Gasteiger partial charge in [0.15, 0.2) is 0 Å². The maximum atomic E-state index is 3.53. The summed E-state index contributed by atoms with van der Waals surface area (Å²) in [5.74, 6) is 0.766. The van der Waals surface area contributed by atoms with Gasteiger partial charge in [0.2, 0.25) is 0 Å². The number of aryl methyl sites for hydroxylation is 2. The Hall–Kier alpha value is -1.34. The Balaban J connectivity index is 2.03. The van der Waals surface area contributed by atoms with Crippen LogP contribution < -0.4 is 5.32 Å². The van der Waals surface area contributed by atoms with E-state index in [1.807, 2.05) is 0 Å². The zero-order valence-corrected chi connectivity index (χ0v) is 12.9. The molecule has 0 amide bonds. The van der Waals surface area contributed by atoms with Gasteiger partial charge in [-0.15, -0.1) is 0 Å². The van der Waals surface area contributed by atoms with Crippen molar-refractivity contribution in [2.75, 3.05) is 7.05 Å². The minimum atomic E-state index is 0.474. The van der Waals surface area contributed by atoms with Crippen molar-refractivity contribution >= 4 is 10.8 Å². The summed E-state index contributed by atoms with van der Waals surface area (Å²) in [7, 11) is 2.09. The van der Waals surface area contributed by atoms with E-state index in [1.54, 1.807) is 0 Å². The summed E-state index contributed by atoms with van der Waals surface area (Å²) in [5, 5.41) is 6.53. The van der Waals surface area contributed by atoms with Gasteiger partial charge in [0.1, 0.15) is 0 Å². The van der Waals surface area contributed by atoms with Crippen LogP contribution in [0.3, 0.4) is 0 Å². The Morgan fingerprint density at radius 3 is 2.45 bits per heavy atom. The lowest BCUT2D eigenvalue weighted by Crippen LogP contribution is -2.17. The summed E-state index contributed by atoms with van der Waals surface area (Å²) in [6.07, 6.45) is 4.92. The van der Waals surface area contributed by atoms with Crippen LogP contribution in [0, 0.1) is 5.92 Å². The zero-order chi connectivity index (χ0) is 14.1. The van der Waals surface area contributed by atoms with E-state index >= 15 is 0 Å². The van der Waals surface area contributed by atoms with Crippen LogP contribution in [0.15, 0.2) is 30.3 Å². The van der Waals surface area contributed by atoms with E-state index in [0.717, 1.165) is 5.92 Å². The van der Waals surface area contributed by atoms with E-state index in [1.165, 1.54) is 53.1 Å².